The Morgan fingerprint density at radius 2 is 1.84 bits per heavy atom. The molecule has 1 heterocycles. The summed E-state index contributed by atoms with van der Waals surface area (Å²) in [6, 6.07) is 5.52. The van der Waals surface area contributed by atoms with Gasteiger partial charge >= 0.3 is 0 Å². The number of benzene rings is 1. The Balaban J connectivity index is 2.28. The molecule has 4 nitrogen and oxygen atoms in total. The van der Waals surface area contributed by atoms with Crippen molar-refractivity contribution < 1.29 is 4.74 Å². The van der Waals surface area contributed by atoms with Gasteiger partial charge in [0.15, 0.2) is 0 Å². The van der Waals surface area contributed by atoms with Gasteiger partial charge in [-0.1, -0.05) is 11.6 Å². The summed E-state index contributed by atoms with van der Waals surface area (Å²) in [5.74, 6) is 2.04. The molecule has 1 aromatic carbocycles. The maximum absolute atomic E-state index is 6.00. The van der Waals surface area contributed by atoms with Crippen LogP contribution >= 0.6 is 11.6 Å². The van der Waals surface area contributed by atoms with E-state index in [1.165, 1.54) is 6.33 Å². The summed E-state index contributed by atoms with van der Waals surface area (Å²) in [5, 5.41) is 3.83. The van der Waals surface area contributed by atoms with Gasteiger partial charge in [0.25, 0.3) is 0 Å². The first-order chi connectivity index (χ1) is 9.10. The van der Waals surface area contributed by atoms with Crippen molar-refractivity contribution >= 4 is 17.4 Å². The van der Waals surface area contributed by atoms with E-state index < -0.39 is 0 Å². The van der Waals surface area contributed by atoms with Gasteiger partial charge in [-0.05, 0) is 44.0 Å². The zero-order chi connectivity index (χ0) is 13.8. The summed E-state index contributed by atoms with van der Waals surface area (Å²) in [6.07, 6.45) is 1.48. The zero-order valence-corrected chi connectivity index (χ0v) is 12.0. The highest BCUT2D eigenvalue weighted by atomic mass is 35.5. The fourth-order valence-corrected chi connectivity index (χ4v) is 2.16. The maximum atomic E-state index is 6.00. The minimum atomic E-state index is 0.513. The normalized spacial score (nSPS) is 10.3. The summed E-state index contributed by atoms with van der Waals surface area (Å²) in [6.45, 7) is 6.73. The Morgan fingerprint density at radius 1 is 1.16 bits per heavy atom. The van der Waals surface area contributed by atoms with Crippen molar-refractivity contribution in [1.82, 2.24) is 9.97 Å². The molecule has 100 valence electrons. The smallest absolute Gasteiger partial charge is 0.224 e. The van der Waals surface area contributed by atoms with Crippen LogP contribution in [0, 0.1) is 13.8 Å². The molecular weight excluding hydrogens is 262 g/mol. The highest BCUT2D eigenvalue weighted by Crippen LogP contribution is 2.30. The van der Waals surface area contributed by atoms with Crippen molar-refractivity contribution in [2.45, 2.75) is 20.8 Å². The number of aromatic nitrogens is 2. The van der Waals surface area contributed by atoms with E-state index in [0.717, 1.165) is 29.2 Å². The van der Waals surface area contributed by atoms with Gasteiger partial charge in [0.2, 0.25) is 5.88 Å². The quantitative estimate of drug-likeness (QED) is 0.918. The molecule has 0 atom stereocenters. The SMILES string of the molecule is CCNc1cc(Oc2c(C)cc(Cl)cc2C)ncn1. The molecule has 0 saturated carbocycles. The topological polar surface area (TPSA) is 47.0 Å². The molecule has 1 aromatic heterocycles. The van der Waals surface area contributed by atoms with E-state index in [1.54, 1.807) is 6.07 Å². The molecular formula is C14H16ClN3O. The van der Waals surface area contributed by atoms with Crippen LogP contribution in [0.4, 0.5) is 5.82 Å². The third-order valence-corrected chi connectivity index (χ3v) is 2.85. The number of rotatable bonds is 4. The van der Waals surface area contributed by atoms with Gasteiger partial charge < -0.3 is 10.1 Å². The average Bonchev–Trinajstić information content (AvgIpc) is 2.35. The van der Waals surface area contributed by atoms with Gasteiger partial charge in [-0.15, -0.1) is 0 Å². The van der Waals surface area contributed by atoms with Crippen LogP contribution in [0.15, 0.2) is 24.5 Å². The third-order valence-electron chi connectivity index (χ3n) is 2.63. The van der Waals surface area contributed by atoms with Crippen LogP contribution in [-0.4, -0.2) is 16.5 Å². The Kier molecular flexibility index (Phi) is 4.22. The van der Waals surface area contributed by atoms with E-state index in [-0.39, 0.29) is 0 Å². The van der Waals surface area contributed by atoms with Crippen molar-refractivity contribution in [3.8, 4) is 11.6 Å². The second kappa shape index (κ2) is 5.89. The van der Waals surface area contributed by atoms with E-state index in [9.17, 15) is 0 Å². The monoisotopic (exact) mass is 277 g/mol. The first kappa shape index (κ1) is 13.6. The fraction of sp³-hybridized carbons (Fsp3) is 0.286. The molecule has 0 aliphatic rings. The lowest BCUT2D eigenvalue weighted by Crippen LogP contribution is -2.00. The predicted molar refractivity (Wildman–Crippen MR) is 77.2 cm³/mol. The minimum Gasteiger partial charge on any atom is -0.438 e. The standard InChI is InChI=1S/C14H16ClN3O/c1-4-16-12-7-13(18-8-17-12)19-14-9(2)5-11(15)6-10(14)3/h5-8H,4H2,1-3H3,(H,16,17,18). The van der Waals surface area contributed by atoms with Gasteiger partial charge in [0, 0.05) is 17.6 Å². The molecule has 0 radical (unpaired) electrons. The van der Waals surface area contributed by atoms with Crippen molar-refractivity contribution in [2.24, 2.45) is 0 Å². The van der Waals surface area contributed by atoms with E-state index in [1.807, 2.05) is 32.9 Å². The largest absolute Gasteiger partial charge is 0.438 e. The van der Waals surface area contributed by atoms with Crippen LogP contribution in [0.1, 0.15) is 18.1 Å². The van der Waals surface area contributed by atoms with Gasteiger partial charge in [0.1, 0.15) is 17.9 Å². The molecule has 2 aromatic rings. The van der Waals surface area contributed by atoms with Gasteiger partial charge in [0.05, 0.1) is 0 Å². The second-order valence-electron chi connectivity index (χ2n) is 4.24. The highest BCUT2D eigenvalue weighted by molar-refractivity contribution is 6.30. The zero-order valence-electron chi connectivity index (χ0n) is 11.2. The number of halogens is 1. The Labute approximate surface area is 117 Å². The summed E-state index contributed by atoms with van der Waals surface area (Å²) in [4.78, 5) is 8.22. The highest BCUT2D eigenvalue weighted by Gasteiger charge is 2.08. The number of nitrogens with one attached hydrogen (secondary N) is 1. The molecule has 5 heteroatoms. The van der Waals surface area contributed by atoms with Crippen LogP contribution < -0.4 is 10.1 Å². The number of hydrogen-bond donors (Lipinski definition) is 1. The van der Waals surface area contributed by atoms with Gasteiger partial charge in [-0.3, -0.25) is 0 Å². The lowest BCUT2D eigenvalue weighted by Gasteiger charge is -2.12. The number of hydrogen-bond acceptors (Lipinski definition) is 4. The Hall–Kier alpha value is -1.81. The number of anilines is 1. The van der Waals surface area contributed by atoms with E-state index in [4.69, 9.17) is 16.3 Å². The summed E-state index contributed by atoms with van der Waals surface area (Å²) >= 11 is 6.00. The Bertz CT molecular complexity index is 564. The van der Waals surface area contributed by atoms with Crippen LogP contribution in [0.3, 0.4) is 0 Å². The lowest BCUT2D eigenvalue weighted by atomic mass is 10.1. The molecule has 0 saturated heterocycles. The first-order valence-electron chi connectivity index (χ1n) is 6.10. The molecule has 1 N–H and O–H groups in total. The van der Waals surface area contributed by atoms with Crippen LogP contribution in [0.5, 0.6) is 11.6 Å². The van der Waals surface area contributed by atoms with Crippen molar-refractivity contribution in [3.63, 3.8) is 0 Å². The van der Waals surface area contributed by atoms with Crippen molar-refractivity contribution in [2.75, 3.05) is 11.9 Å². The third kappa shape index (κ3) is 3.35. The van der Waals surface area contributed by atoms with Gasteiger partial charge in [-0.2, -0.15) is 0 Å². The first-order valence-corrected chi connectivity index (χ1v) is 6.48. The maximum Gasteiger partial charge on any atom is 0.224 e. The van der Waals surface area contributed by atoms with E-state index in [2.05, 4.69) is 15.3 Å². The number of ether oxygens (including phenoxy) is 1. The second-order valence-corrected chi connectivity index (χ2v) is 4.68. The molecule has 0 spiro atoms. The summed E-state index contributed by atoms with van der Waals surface area (Å²) in [7, 11) is 0. The van der Waals surface area contributed by atoms with Crippen LogP contribution in [-0.2, 0) is 0 Å². The average molecular weight is 278 g/mol. The molecule has 0 aliphatic carbocycles. The van der Waals surface area contributed by atoms with E-state index in [0.29, 0.717) is 10.9 Å². The molecule has 0 aliphatic heterocycles. The summed E-state index contributed by atoms with van der Waals surface area (Å²) < 4.78 is 5.83. The lowest BCUT2D eigenvalue weighted by molar-refractivity contribution is 0.455. The van der Waals surface area contributed by atoms with Crippen LogP contribution in [0.25, 0.3) is 0 Å². The molecule has 19 heavy (non-hydrogen) atoms. The molecule has 2 rings (SSSR count). The van der Waals surface area contributed by atoms with E-state index >= 15 is 0 Å². The van der Waals surface area contributed by atoms with Gasteiger partial charge in [-0.25, -0.2) is 9.97 Å². The number of nitrogens with zero attached hydrogens (tertiary/aromatic N) is 2. The number of aryl methyl sites for hydroxylation is 2. The van der Waals surface area contributed by atoms with Crippen LogP contribution in [0.2, 0.25) is 5.02 Å². The Morgan fingerprint density at radius 3 is 2.47 bits per heavy atom. The molecule has 0 amide bonds. The molecule has 0 unspecified atom stereocenters. The molecule has 0 fully saturated rings. The van der Waals surface area contributed by atoms with Crippen molar-refractivity contribution in [1.29, 1.82) is 0 Å². The van der Waals surface area contributed by atoms with Crippen molar-refractivity contribution in [3.05, 3.63) is 40.7 Å². The fourth-order valence-electron chi connectivity index (χ4n) is 1.84. The molecule has 0 bridgehead atoms. The minimum absolute atomic E-state index is 0.513. The summed E-state index contributed by atoms with van der Waals surface area (Å²) in [5.41, 5.74) is 1.96. The predicted octanol–water partition coefficient (Wildman–Crippen LogP) is 3.97.